The molecule has 0 bridgehead atoms. The molecule has 0 fully saturated rings. The van der Waals surface area contributed by atoms with Crippen molar-refractivity contribution < 1.29 is 4.79 Å². The Kier molecular flexibility index (Phi) is 5.17. The smallest absolute Gasteiger partial charge is 0.259 e. The van der Waals surface area contributed by atoms with Gasteiger partial charge in [-0.25, -0.2) is 0 Å². The standard InChI is InChI=1S/C16H18ClN3O/c1-3-7-19-14-6-8-18-10-12(14)16(21)20-15-9-11(2)4-5-13(15)17/h4-6,8-10H,3,7H2,1-2H3,(H,18,19)(H,20,21). The van der Waals surface area contributed by atoms with Crippen LogP contribution >= 0.6 is 11.6 Å². The van der Waals surface area contributed by atoms with Crippen molar-refractivity contribution in [2.75, 3.05) is 17.2 Å². The molecule has 4 nitrogen and oxygen atoms in total. The van der Waals surface area contributed by atoms with Gasteiger partial charge < -0.3 is 10.6 Å². The average Bonchev–Trinajstić information content (AvgIpc) is 2.49. The van der Waals surface area contributed by atoms with Gasteiger partial charge in [0.2, 0.25) is 0 Å². The molecule has 0 atom stereocenters. The molecule has 5 heteroatoms. The van der Waals surface area contributed by atoms with Gasteiger partial charge in [0.05, 0.1) is 22.0 Å². The van der Waals surface area contributed by atoms with Crippen LogP contribution in [0.2, 0.25) is 5.02 Å². The second kappa shape index (κ2) is 7.09. The quantitative estimate of drug-likeness (QED) is 0.873. The first-order valence-electron chi connectivity index (χ1n) is 6.87. The molecule has 1 amide bonds. The fraction of sp³-hybridized carbons (Fsp3) is 0.250. The summed E-state index contributed by atoms with van der Waals surface area (Å²) in [6.45, 7) is 4.82. The molecular weight excluding hydrogens is 286 g/mol. The maximum Gasteiger partial charge on any atom is 0.259 e. The van der Waals surface area contributed by atoms with Crippen LogP contribution in [0.4, 0.5) is 11.4 Å². The summed E-state index contributed by atoms with van der Waals surface area (Å²) in [5.41, 5.74) is 2.91. The third-order valence-corrected chi connectivity index (χ3v) is 3.33. The van der Waals surface area contributed by atoms with E-state index >= 15 is 0 Å². The summed E-state index contributed by atoms with van der Waals surface area (Å²) < 4.78 is 0. The highest BCUT2D eigenvalue weighted by Crippen LogP contribution is 2.24. The molecule has 2 aromatic rings. The van der Waals surface area contributed by atoms with E-state index in [0.29, 0.717) is 16.3 Å². The lowest BCUT2D eigenvalue weighted by atomic mass is 10.2. The van der Waals surface area contributed by atoms with Gasteiger partial charge in [0.15, 0.2) is 0 Å². The zero-order valence-electron chi connectivity index (χ0n) is 12.1. The van der Waals surface area contributed by atoms with Crippen LogP contribution < -0.4 is 10.6 Å². The van der Waals surface area contributed by atoms with E-state index in [0.717, 1.165) is 24.2 Å². The number of rotatable bonds is 5. The number of hydrogen-bond acceptors (Lipinski definition) is 3. The van der Waals surface area contributed by atoms with Crippen LogP contribution in [0, 0.1) is 6.92 Å². The van der Waals surface area contributed by atoms with Crippen LogP contribution in [0.15, 0.2) is 36.7 Å². The minimum absolute atomic E-state index is 0.228. The maximum absolute atomic E-state index is 12.4. The summed E-state index contributed by atoms with van der Waals surface area (Å²) >= 11 is 6.11. The molecule has 2 rings (SSSR count). The predicted octanol–water partition coefficient (Wildman–Crippen LogP) is 4.12. The lowest BCUT2D eigenvalue weighted by Crippen LogP contribution is -2.15. The van der Waals surface area contributed by atoms with Gasteiger partial charge in [-0.05, 0) is 37.1 Å². The number of benzene rings is 1. The number of hydrogen-bond donors (Lipinski definition) is 2. The maximum atomic E-state index is 12.4. The number of carbonyl (C=O) groups is 1. The molecular formula is C16H18ClN3O. The van der Waals surface area contributed by atoms with Crippen molar-refractivity contribution in [2.45, 2.75) is 20.3 Å². The second-order valence-electron chi connectivity index (χ2n) is 4.79. The van der Waals surface area contributed by atoms with Gasteiger partial charge in [-0.2, -0.15) is 0 Å². The van der Waals surface area contributed by atoms with Gasteiger partial charge in [-0.3, -0.25) is 9.78 Å². The van der Waals surface area contributed by atoms with Gasteiger partial charge in [0.25, 0.3) is 5.91 Å². The largest absolute Gasteiger partial charge is 0.384 e. The zero-order valence-corrected chi connectivity index (χ0v) is 12.9. The molecule has 110 valence electrons. The number of carbonyl (C=O) groups excluding carboxylic acids is 1. The van der Waals surface area contributed by atoms with E-state index in [-0.39, 0.29) is 5.91 Å². The van der Waals surface area contributed by atoms with E-state index in [1.807, 2.05) is 19.1 Å². The summed E-state index contributed by atoms with van der Waals surface area (Å²) in [5, 5.41) is 6.57. The number of nitrogens with zero attached hydrogens (tertiary/aromatic N) is 1. The molecule has 0 aliphatic heterocycles. The molecule has 21 heavy (non-hydrogen) atoms. The van der Waals surface area contributed by atoms with Gasteiger partial charge in [-0.15, -0.1) is 0 Å². The Morgan fingerprint density at radius 3 is 2.86 bits per heavy atom. The number of pyridine rings is 1. The molecule has 1 heterocycles. The van der Waals surface area contributed by atoms with Crippen molar-refractivity contribution in [3.63, 3.8) is 0 Å². The van der Waals surface area contributed by atoms with Crippen LogP contribution in [0.1, 0.15) is 29.3 Å². The van der Waals surface area contributed by atoms with Gasteiger partial charge in [0.1, 0.15) is 0 Å². The summed E-state index contributed by atoms with van der Waals surface area (Å²) in [6, 6.07) is 7.31. The lowest BCUT2D eigenvalue weighted by molar-refractivity contribution is 0.102. The summed E-state index contributed by atoms with van der Waals surface area (Å²) in [4.78, 5) is 16.4. The van der Waals surface area contributed by atoms with Crippen molar-refractivity contribution in [2.24, 2.45) is 0 Å². The van der Waals surface area contributed by atoms with E-state index in [2.05, 4.69) is 22.5 Å². The van der Waals surface area contributed by atoms with E-state index in [9.17, 15) is 4.79 Å². The summed E-state index contributed by atoms with van der Waals surface area (Å²) in [6.07, 6.45) is 4.19. The Labute approximate surface area is 129 Å². The Bertz CT molecular complexity index is 643. The predicted molar refractivity (Wildman–Crippen MR) is 87.2 cm³/mol. The monoisotopic (exact) mass is 303 g/mol. The molecule has 0 spiro atoms. The van der Waals surface area contributed by atoms with Crippen molar-refractivity contribution in [3.8, 4) is 0 Å². The minimum Gasteiger partial charge on any atom is -0.384 e. The van der Waals surface area contributed by atoms with Crippen LogP contribution in [0.5, 0.6) is 0 Å². The van der Waals surface area contributed by atoms with Gasteiger partial charge in [0, 0.05) is 18.9 Å². The normalized spacial score (nSPS) is 10.2. The molecule has 0 unspecified atom stereocenters. The third kappa shape index (κ3) is 3.95. The Morgan fingerprint density at radius 2 is 2.10 bits per heavy atom. The Balaban J connectivity index is 2.22. The third-order valence-electron chi connectivity index (χ3n) is 3.00. The van der Waals surface area contributed by atoms with Crippen LogP contribution in [-0.4, -0.2) is 17.4 Å². The molecule has 0 radical (unpaired) electrons. The highest BCUT2D eigenvalue weighted by molar-refractivity contribution is 6.34. The highest BCUT2D eigenvalue weighted by Gasteiger charge is 2.13. The van der Waals surface area contributed by atoms with Crippen LogP contribution in [0.3, 0.4) is 0 Å². The van der Waals surface area contributed by atoms with Crippen molar-refractivity contribution >= 4 is 28.9 Å². The average molecular weight is 304 g/mol. The number of aryl methyl sites for hydroxylation is 1. The molecule has 0 aliphatic rings. The molecule has 1 aromatic heterocycles. The summed E-state index contributed by atoms with van der Waals surface area (Å²) in [7, 11) is 0. The fourth-order valence-corrected chi connectivity index (χ4v) is 2.08. The number of nitrogens with one attached hydrogen (secondary N) is 2. The number of amides is 1. The van der Waals surface area contributed by atoms with E-state index in [1.54, 1.807) is 24.5 Å². The second-order valence-corrected chi connectivity index (χ2v) is 5.19. The molecule has 0 aliphatic carbocycles. The summed E-state index contributed by atoms with van der Waals surface area (Å²) in [5.74, 6) is -0.228. The van der Waals surface area contributed by atoms with Crippen molar-refractivity contribution in [1.29, 1.82) is 0 Å². The number of aromatic nitrogens is 1. The fourth-order valence-electron chi connectivity index (χ4n) is 1.91. The van der Waals surface area contributed by atoms with Crippen molar-refractivity contribution in [1.82, 2.24) is 4.98 Å². The number of anilines is 2. The lowest BCUT2D eigenvalue weighted by Gasteiger charge is -2.12. The van der Waals surface area contributed by atoms with Crippen LogP contribution in [-0.2, 0) is 0 Å². The van der Waals surface area contributed by atoms with Crippen molar-refractivity contribution in [3.05, 3.63) is 52.8 Å². The highest BCUT2D eigenvalue weighted by atomic mass is 35.5. The van der Waals surface area contributed by atoms with Crippen LogP contribution in [0.25, 0.3) is 0 Å². The topological polar surface area (TPSA) is 54.0 Å². The van der Waals surface area contributed by atoms with E-state index in [4.69, 9.17) is 11.6 Å². The first-order valence-corrected chi connectivity index (χ1v) is 7.25. The first kappa shape index (κ1) is 15.3. The Hall–Kier alpha value is -2.07. The molecule has 1 aromatic carbocycles. The van der Waals surface area contributed by atoms with E-state index < -0.39 is 0 Å². The molecule has 0 saturated heterocycles. The first-order chi connectivity index (χ1) is 10.1. The van der Waals surface area contributed by atoms with Gasteiger partial charge in [-0.1, -0.05) is 24.6 Å². The van der Waals surface area contributed by atoms with Gasteiger partial charge >= 0.3 is 0 Å². The minimum atomic E-state index is -0.228. The Morgan fingerprint density at radius 1 is 1.29 bits per heavy atom. The SMILES string of the molecule is CCCNc1ccncc1C(=O)Nc1cc(C)ccc1Cl. The molecule has 2 N–H and O–H groups in total. The number of halogens is 1. The zero-order chi connectivity index (χ0) is 15.2. The van der Waals surface area contributed by atoms with E-state index in [1.165, 1.54) is 0 Å². The molecule has 0 saturated carbocycles.